The van der Waals surface area contributed by atoms with Crippen LogP contribution in [0.4, 0.5) is 32.0 Å². The highest BCUT2D eigenvalue weighted by Crippen LogP contribution is 2.39. The molecule has 2 unspecified atom stereocenters. The minimum atomic E-state index is -4.83. The van der Waals surface area contributed by atoms with Gasteiger partial charge in [-0.05, 0) is 37.0 Å². The molecule has 150 valence electrons. The Hall–Kier alpha value is -1.15. The Labute approximate surface area is 155 Å². The fourth-order valence-electron chi connectivity index (χ4n) is 3.18. The van der Waals surface area contributed by atoms with E-state index in [-0.39, 0.29) is 36.1 Å². The van der Waals surface area contributed by atoms with Crippen LogP contribution < -0.4 is 10.6 Å². The highest BCUT2D eigenvalue weighted by molar-refractivity contribution is 5.85. The molecule has 1 heterocycles. The topological polar surface area (TPSA) is 29.3 Å². The smallest absolute Gasteiger partial charge is 0.371 e. The molecule has 9 heteroatoms. The Morgan fingerprint density at radius 1 is 1.04 bits per heavy atom. The third kappa shape index (κ3) is 5.67. The molecule has 0 amide bonds. The van der Waals surface area contributed by atoms with Gasteiger partial charge in [-0.1, -0.05) is 19.8 Å². The summed E-state index contributed by atoms with van der Waals surface area (Å²) >= 11 is 0. The number of alkyl halides is 6. The average molecular weight is 405 g/mol. The van der Waals surface area contributed by atoms with Gasteiger partial charge in [0.15, 0.2) is 0 Å². The van der Waals surface area contributed by atoms with Gasteiger partial charge < -0.3 is 10.6 Å². The quantitative estimate of drug-likeness (QED) is 0.672. The zero-order valence-corrected chi connectivity index (χ0v) is 15.1. The van der Waals surface area contributed by atoms with Gasteiger partial charge in [0, 0.05) is 24.8 Å². The Morgan fingerprint density at radius 2 is 1.58 bits per heavy atom. The first-order valence-electron chi connectivity index (χ1n) is 8.32. The molecule has 1 aromatic carbocycles. The van der Waals surface area contributed by atoms with Crippen LogP contribution in [0.2, 0.25) is 0 Å². The molecule has 1 aromatic rings. The molecule has 1 fully saturated rings. The molecule has 2 rings (SSSR count). The first-order chi connectivity index (χ1) is 11.5. The summed E-state index contributed by atoms with van der Waals surface area (Å²) in [6.07, 6.45) is -6.40. The van der Waals surface area contributed by atoms with Crippen LogP contribution in [0.15, 0.2) is 18.2 Å². The minimum absolute atomic E-state index is 0. The second kappa shape index (κ2) is 8.69. The first kappa shape index (κ1) is 22.9. The summed E-state index contributed by atoms with van der Waals surface area (Å²) in [7, 11) is 0. The number of hydrogen-bond donors (Lipinski definition) is 1. The molecule has 0 saturated carbocycles. The van der Waals surface area contributed by atoms with E-state index in [4.69, 9.17) is 5.73 Å². The number of halogens is 7. The van der Waals surface area contributed by atoms with Crippen molar-refractivity contribution in [2.75, 3.05) is 18.0 Å². The zero-order chi connectivity index (χ0) is 18.8. The standard InChI is InChI=1S/C17H22F6N2.ClH/c1-2-3-4-11-10-25(6-5-15(11)24)14-8-12(16(18,19)20)7-13(9-14)17(21,22)23;/h7-9,11,15H,2-6,10,24H2,1H3;1H. The van der Waals surface area contributed by atoms with Crippen LogP contribution in [-0.2, 0) is 12.4 Å². The van der Waals surface area contributed by atoms with Crippen molar-refractivity contribution in [3.8, 4) is 0 Å². The van der Waals surface area contributed by atoms with E-state index in [1.807, 2.05) is 6.92 Å². The average Bonchev–Trinajstić information content (AvgIpc) is 2.52. The number of unbranched alkanes of at least 4 members (excludes halogenated alkanes) is 1. The van der Waals surface area contributed by atoms with Crippen molar-refractivity contribution in [2.45, 2.75) is 51.0 Å². The van der Waals surface area contributed by atoms with Gasteiger partial charge in [0.1, 0.15) is 0 Å². The monoisotopic (exact) mass is 404 g/mol. The number of piperidine rings is 1. The predicted molar refractivity (Wildman–Crippen MR) is 91.5 cm³/mol. The maximum Gasteiger partial charge on any atom is 0.416 e. The number of hydrogen-bond acceptors (Lipinski definition) is 2. The molecule has 0 spiro atoms. The summed E-state index contributed by atoms with van der Waals surface area (Å²) in [6.45, 7) is 2.75. The molecule has 1 aliphatic rings. The summed E-state index contributed by atoms with van der Waals surface area (Å²) in [5, 5.41) is 0. The van der Waals surface area contributed by atoms with Crippen LogP contribution in [0.1, 0.15) is 43.7 Å². The van der Waals surface area contributed by atoms with Crippen LogP contribution in [0.25, 0.3) is 0 Å². The molecule has 2 N–H and O–H groups in total. The van der Waals surface area contributed by atoms with E-state index < -0.39 is 23.5 Å². The third-order valence-corrected chi connectivity index (χ3v) is 4.66. The van der Waals surface area contributed by atoms with Crippen LogP contribution in [0.3, 0.4) is 0 Å². The lowest BCUT2D eigenvalue weighted by Crippen LogP contribution is -2.47. The van der Waals surface area contributed by atoms with Crippen LogP contribution in [0, 0.1) is 5.92 Å². The van der Waals surface area contributed by atoms with Gasteiger partial charge in [-0.25, -0.2) is 0 Å². The second-order valence-corrected chi connectivity index (χ2v) is 6.56. The molecule has 2 atom stereocenters. The highest BCUT2D eigenvalue weighted by atomic mass is 35.5. The predicted octanol–water partition coefficient (Wildman–Crippen LogP) is 5.49. The molecule has 0 aliphatic carbocycles. The molecule has 2 nitrogen and oxygen atoms in total. The largest absolute Gasteiger partial charge is 0.416 e. The highest BCUT2D eigenvalue weighted by Gasteiger charge is 2.38. The van der Waals surface area contributed by atoms with Crippen molar-refractivity contribution in [3.05, 3.63) is 29.3 Å². The van der Waals surface area contributed by atoms with E-state index in [2.05, 4.69) is 0 Å². The number of rotatable bonds is 4. The van der Waals surface area contributed by atoms with E-state index in [1.165, 1.54) is 0 Å². The molecular formula is C17H23ClF6N2. The van der Waals surface area contributed by atoms with Gasteiger partial charge in [-0.2, -0.15) is 26.3 Å². The SMILES string of the molecule is CCCCC1CN(c2cc(C(F)(F)F)cc(C(F)(F)F)c2)CCC1N.Cl. The van der Waals surface area contributed by atoms with Gasteiger partial charge in [-0.15, -0.1) is 12.4 Å². The number of anilines is 1. The summed E-state index contributed by atoms with van der Waals surface area (Å²) in [5.41, 5.74) is 3.47. The van der Waals surface area contributed by atoms with Gasteiger partial charge in [0.05, 0.1) is 11.1 Å². The van der Waals surface area contributed by atoms with Crippen molar-refractivity contribution < 1.29 is 26.3 Å². The summed E-state index contributed by atoms with van der Waals surface area (Å²) in [4.78, 5) is 1.59. The Balaban J connectivity index is 0.00000338. The molecule has 0 radical (unpaired) electrons. The normalized spacial score (nSPS) is 21.5. The summed E-state index contributed by atoms with van der Waals surface area (Å²) in [6, 6.07) is 1.68. The fourth-order valence-corrected chi connectivity index (χ4v) is 3.18. The van der Waals surface area contributed by atoms with Gasteiger partial charge in [-0.3, -0.25) is 0 Å². The molecular weight excluding hydrogens is 382 g/mol. The van der Waals surface area contributed by atoms with Crippen molar-refractivity contribution in [3.63, 3.8) is 0 Å². The van der Waals surface area contributed by atoms with E-state index in [0.717, 1.165) is 31.4 Å². The molecule has 0 aromatic heterocycles. The molecule has 26 heavy (non-hydrogen) atoms. The van der Waals surface area contributed by atoms with Crippen LogP contribution in [-0.4, -0.2) is 19.1 Å². The summed E-state index contributed by atoms with van der Waals surface area (Å²) in [5.74, 6) is 0.0672. The number of nitrogens with two attached hydrogens (primary N) is 1. The van der Waals surface area contributed by atoms with E-state index in [9.17, 15) is 26.3 Å². The van der Waals surface area contributed by atoms with Crippen molar-refractivity contribution in [1.82, 2.24) is 0 Å². The van der Waals surface area contributed by atoms with Crippen LogP contribution >= 0.6 is 12.4 Å². The Bertz CT molecular complexity index is 555. The van der Waals surface area contributed by atoms with E-state index in [0.29, 0.717) is 19.5 Å². The molecule has 0 bridgehead atoms. The number of nitrogens with zero attached hydrogens (tertiary/aromatic N) is 1. The van der Waals surface area contributed by atoms with Gasteiger partial charge in [0.2, 0.25) is 0 Å². The summed E-state index contributed by atoms with van der Waals surface area (Å²) < 4.78 is 78.0. The van der Waals surface area contributed by atoms with Crippen molar-refractivity contribution in [2.24, 2.45) is 11.7 Å². The lowest BCUT2D eigenvalue weighted by Gasteiger charge is -2.38. The fraction of sp³-hybridized carbons (Fsp3) is 0.647. The maximum atomic E-state index is 13.0. The number of benzene rings is 1. The molecule has 1 aliphatic heterocycles. The maximum absolute atomic E-state index is 13.0. The second-order valence-electron chi connectivity index (χ2n) is 6.56. The minimum Gasteiger partial charge on any atom is -0.371 e. The third-order valence-electron chi connectivity index (χ3n) is 4.66. The lowest BCUT2D eigenvalue weighted by atomic mass is 9.88. The zero-order valence-electron chi connectivity index (χ0n) is 14.3. The Kier molecular flexibility index (Phi) is 7.65. The van der Waals surface area contributed by atoms with Gasteiger partial charge >= 0.3 is 12.4 Å². The Morgan fingerprint density at radius 3 is 2.04 bits per heavy atom. The van der Waals surface area contributed by atoms with Crippen molar-refractivity contribution in [1.29, 1.82) is 0 Å². The molecule has 1 saturated heterocycles. The van der Waals surface area contributed by atoms with E-state index >= 15 is 0 Å². The van der Waals surface area contributed by atoms with Crippen LogP contribution in [0.5, 0.6) is 0 Å². The van der Waals surface area contributed by atoms with Gasteiger partial charge in [0.25, 0.3) is 0 Å². The lowest BCUT2D eigenvalue weighted by molar-refractivity contribution is -0.143. The first-order valence-corrected chi connectivity index (χ1v) is 8.32. The van der Waals surface area contributed by atoms with Crippen molar-refractivity contribution >= 4 is 18.1 Å². The van der Waals surface area contributed by atoms with E-state index in [1.54, 1.807) is 4.90 Å².